The van der Waals surface area contributed by atoms with Crippen molar-refractivity contribution < 1.29 is 9.18 Å². The number of ketones is 1. The lowest BCUT2D eigenvalue weighted by Gasteiger charge is -2.01. The number of nitrogens with one attached hydrogen (secondary N) is 1. The lowest BCUT2D eigenvalue weighted by atomic mass is 10.1. The average Bonchev–Trinajstić information content (AvgIpc) is 2.18. The number of rotatable bonds is 5. The molecule has 0 saturated heterocycles. The van der Waals surface area contributed by atoms with Gasteiger partial charge in [-0.3, -0.25) is 9.78 Å². The molecule has 0 atom stereocenters. The maximum atomic E-state index is 13.1. The van der Waals surface area contributed by atoms with Crippen LogP contribution in [0.4, 0.5) is 4.39 Å². The summed E-state index contributed by atoms with van der Waals surface area (Å²) in [6.45, 7) is 0.762. The molecular weight excluding hydrogens is 183 g/mol. The lowest BCUT2D eigenvalue weighted by molar-refractivity contribution is 0.0976. The second-order valence-corrected chi connectivity index (χ2v) is 2.99. The van der Waals surface area contributed by atoms with Crippen LogP contribution in [0.1, 0.15) is 23.2 Å². The van der Waals surface area contributed by atoms with Gasteiger partial charge >= 0.3 is 0 Å². The standard InChI is InChI=1S/C10H13FN2O/c1-12-5-2-3-10(14)8-4-6-13-7-9(8)11/h4,6-7,12H,2-3,5H2,1H3. The fraction of sp³-hybridized carbons (Fsp3) is 0.400. The Morgan fingerprint density at radius 1 is 1.64 bits per heavy atom. The van der Waals surface area contributed by atoms with Crippen LogP contribution in [0, 0.1) is 5.82 Å². The number of Topliss-reactive ketones (excluding diaryl/α,β-unsaturated/α-hetero) is 1. The zero-order chi connectivity index (χ0) is 10.4. The number of aromatic nitrogens is 1. The Hall–Kier alpha value is -1.29. The van der Waals surface area contributed by atoms with Gasteiger partial charge < -0.3 is 5.32 Å². The Morgan fingerprint density at radius 3 is 3.07 bits per heavy atom. The van der Waals surface area contributed by atoms with Crippen LogP contribution >= 0.6 is 0 Å². The second kappa shape index (κ2) is 5.44. The summed E-state index contributed by atoms with van der Waals surface area (Å²) >= 11 is 0. The normalized spacial score (nSPS) is 10.1. The van der Waals surface area contributed by atoms with E-state index in [-0.39, 0.29) is 11.3 Å². The molecule has 0 fully saturated rings. The molecule has 0 bridgehead atoms. The van der Waals surface area contributed by atoms with E-state index in [1.807, 2.05) is 7.05 Å². The zero-order valence-electron chi connectivity index (χ0n) is 8.09. The first-order chi connectivity index (χ1) is 6.75. The van der Waals surface area contributed by atoms with E-state index < -0.39 is 5.82 Å². The molecule has 1 N–H and O–H groups in total. The Kier molecular flexibility index (Phi) is 4.19. The fourth-order valence-electron chi connectivity index (χ4n) is 1.16. The highest BCUT2D eigenvalue weighted by Crippen LogP contribution is 2.08. The van der Waals surface area contributed by atoms with Gasteiger partial charge in [0.2, 0.25) is 0 Å². The Balaban J connectivity index is 2.56. The van der Waals surface area contributed by atoms with Gasteiger partial charge in [-0.2, -0.15) is 0 Å². The molecule has 1 aromatic heterocycles. The van der Waals surface area contributed by atoms with Crippen LogP contribution in [0.3, 0.4) is 0 Å². The molecule has 0 aliphatic rings. The van der Waals surface area contributed by atoms with Crippen molar-refractivity contribution in [1.82, 2.24) is 10.3 Å². The Morgan fingerprint density at radius 2 is 2.43 bits per heavy atom. The molecule has 14 heavy (non-hydrogen) atoms. The maximum Gasteiger partial charge on any atom is 0.165 e. The predicted molar refractivity (Wildman–Crippen MR) is 51.7 cm³/mol. The van der Waals surface area contributed by atoms with E-state index >= 15 is 0 Å². The van der Waals surface area contributed by atoms with Crippen molar-refractivity contribution in [2.75, 3.05) is 13.6 Å². The van der Waals surface area contributed by atoms with E-state index in [4.69, 9.17) is 0 Å². The number of carbonyl (C=O) groups excluding carboxylic acids is 1. The second-order valence-electron chi connectivity index (χ2n) is 2.99. The van der Waals surface area contributed by atoms with Crippen LogP contribution < -0.4 is 5.32 Å². The third kappa shape index (κ3) is 2.88. The Labute approximate surface area is 82.4 Å². The minimum atomic E-state index is -0.540. The van der Waals surface area contributed by atoms with Gasteiger partial charge in [-0.15, -0.1) is 0 Å². The molecule has 0 aromatic carbocycles. The summed E-state index contributed by atoms with van der Waals surface area (Å²) in [5.74, 6) is -0.706. The van der Waals surface area contributed by atoms with E-state index in [9.17, 15) is 9.18 Å². The number of carbonyl (C=O) groups is 1. The first-order valence-corrected chi connectivity index (χ1v) is 4.53. The van der Waals surface area contributed by atoms with Crippen LogP contribution in [-0.2, 0) is 0 Å². The molecule has 1 aromatic rings. The maximum absolute atomic E-state index is 13.1. The molecular formula is C10H13FN2O. The number of nitrogens with zero attached hydrogens (tertiary/aromatic N) is 1. The van der Waals surface area contributed by atoms with E-state index in [0.29, 0.717) is 6.42 Å². The van der Waals surface area contributed by atoms with E-state index in [1.165, 1.54) is 12.3 Å². The van der Waals surface area contributed by atoms with Gasteiger partial charge in [0, 0.05) is 12.6 Å². The smallest absolute Gasteiger partial charge is 0.165 e. The summed E-state index contributed by atoms with van der Waals surface area (Å²) < 4.78 is 13.1. The molecule has 1 heterocycles. The molecule has 0 aliphatic carbocycles. The molecule has 0 spiro atoms. The van der Waals surface area contributed by atoms with Gasteiger partial charge in [0.1, 0.15) is 0 Å². The summed E-state index contributed by atoms with van der Waals surface area (Å²) in [6.07, 6.45) is 3.57. The van der Waals surface area contributed by atoms with Crippen molar-refractivity contribution >= 4 is 5.78 Å². The lowest BCUT2D eigenvalue weighted by Crippen LogP contribution is -2.10. The van der Waals surface area contributed by atoms with E-state index in [1.54, 1.807) is 0 Å². The minimum Gasteiger partial charge on any atom is -0.320 e. The third-order valence-corrected chi connectivity index (χ3v) is 1.90. The van der Waals surface area contributed by atoms with Crippen LogP contribution in [0.15, 0.2) is 18.5 Å². The van der Waals surface area contributed by atoms with Crippen LogP contribution in [-0.4, -0.2) is 24.4 Å². The van der Waals surface area contributed by atoms with Crippen LogP contribution in [0.2, 0.25) is 0 Å². The van der Waals surface area contributed by atoms with Gasteiger partial charge in [-0.05, 0) is 26.1 Å². The highest BCUT2D eigenvalue weighted by Gasteiger charge is 2.10. The number of pyridine rings is 1. The van der Waals surface area contributed by atoms with Crippen molar-refractivity contribution in [2.24, 2.45) is 0 Å². The SMILES string of the molecule is CNCCCC(=O)c1ccncc1F. The van der Waals surface area contributed by atoms with Crippen LogP contribution in [0.5, 0.6) is 0 Å². The summed E-state index contributed by atoms with van der Waals surface area (Å²) in [5.41, 5.74) is 0.135. The predicted octanol–water partition coefficient (Wildman–Crippen LogP) is 1.40. The molecule has 76 valence electrons. The van der Waals surface area contributed by atoms with Gasteiger partial charge in [-0.25, -0.2) is 4.39 Å². The molecule has 0 amide bonds. The Bertz CT molecular complexity index is 315. The summed E-state index contributed by atoms with van der Waals surface area (Å²) in [4.78, 5) is 15.0. The van der Waals surface area contributed by atoms with Gasteiger partial charge in [0.25, 0.3) is 0 Å². The fourth-order valence-corrected chi connectivity index (χ4v) is 1.16. The largest absolute Gasteiger partial charge is 0.320 e. The van der Waals surface area contributed by atoms with E-state index in [2.05, 4.69) is 10.3 Å². The van der Waals surface area contributed by atoms with Crippen molar-refractivity contribution in [3.8, 4) is 0 Å². The molecule has 0 radical (unpaired) electrons. The highest BCUT2D eigenvalue weighted by atomic mass is 19.1. The summed E-state index contributed by atoms with van der Waals surface area (Å²) in [7, 11) is 1.82. The third-order valence-electron chi connectivity index (χ3n) is 1.90. The molecule has 1 rings (SSSR count). The van der Waals surface area contributed by atoms with Gasteiger partial charge in [-0.1, -0.05) is 0 Å². The van der Waals surface area contributed by atoms with Gasteiger partial charge in [0.15, 0.2) is 11.6 Å². The van der Waals surface area contributed by atoms with Crippen molar-refractivity contribution in [1.29, 1.82) is 0 Å². The number of hydrogen-bond donors (Lipinski definition) is 1. The highest BCUT2D eigenvalue weighted by molar-refractivity contribution is 5.96. The first-order valence-electron chi connectivity index (χ1n) is 4.53. The number of halogens is 1. The summed E-state index contributed by atoms with van der Waals surface area (Å²) in [5, 5.41) is 2.93. The van der Waals surface area contributed by atoms with Crippen molar-refractivity contribution in [3.05, 3.63) is 29.8 Å². The average molecular weight is 196 g/mol. The van der Waals surface area contributed by atoms with E-state index in [0.717, 1.165) is 19.2 Å². The monoisotopic (exact) mass is 196 g/mol. The first kappa shape index (κ1) is 10.8. The minimum absolute atomic E-state index is 0.135. The van der Waals surface area contributed by atoms with Crippen molar-refractivity contribution in [3.63, 3.8) is 0 Å². The molecule has 0 unspecified atom stereocenters. The molecule has 0 aliphatic heterocycles. The van der Waals surface area contributed by atoms with Crippen LogP contribution in [0.25, 0.3) is 0 Å². The van der Waals surface area contributed by atoms with Gasteiger partial charge in [0.05, 0.1) is 11.8 Å². The zero-order valence-corrected chi connectivity index (χ0v) is 8.09. The quantitative estimate of drug-likeness (QED) is 0.571. The summed E-state index contributed by atoms with van der Waals surface area (Å²) in [6, 6.07) is 1.41. The molecule has 3 nitrogen and oxygen atoms in total. The van der Waals surface area contributed by atoms with Crippen molar-refractivity contribution in [2.45, 2.75) is 12.8 Å². The molecule has 4 heteroatoms. The number of hydrogen-bond acceptors (Lipinski definition) is 3. The topological polar surface area (TPSA) is 42.0 Å². The molecule has 0 saturated carbocycles.